The lowest BCUT2D eigenvalue weighted by Gasteiger charge is -2.18. The molecule has 0 radical (unpaired) electrons. The molecule has 3 rings (SSSR count). The molecule has 0 saturated carbocycles. The number of aromatic nitrogens is 4. The Balaban J connectivity index is 1.85. The van der Waals surface area contributed by atoms with Crippen molar-refractivity contribution in [1.82, 2.24) is 25.1 Å². The Labute approximate surface area is 148 Å². The van der Waals surface area contributed by atoms with Gasteiger partial charge >= 0.3 is 0 Å². The molecule has 0 aliphatic heterocycles. The van der Waals surface area contributed by atoms with Gasteiger partial charge in [-0.2, -0.15) is 0 Å². The summed E-state index contributed by atoms with van der Waals surface area (Å²) in [6.45, 7) is 2.04. The van der Waals surface area contributed by atoms with Crippen molar-refractivity contribution < 1.29 is 4.79 Å². The lowest BCUT2D eigenvalue weighted by molar-refractivity contribution is 0.0929. The molecule has 0 aliphatic carbocycles. The predicted molar refractivity (Wildman–Crippen MR) is 93.8 cm³/mol. The monoisotopic (exact) mass is 385 g/mol. The fourth-order valence-corrected chi connectivity index (χ4v) is 2.79. The summed E-state index contributed by atoms with van der Waals surface area (Å²) in [5.41, 5.74) is 1.40. The molecule has 6 nitrogen and oxygen atoms in total. The first-order valence-corrected chi connectivity index (χ1v) is 8.35. The van der Waals surface area contributed by atoms with Gasteiger partial charge in [0.2, 0.25) is 0 Å². The largest absolute Gasteiger partial charge is 0.344 e. The highest BCUT2D eigenvalue weighted by atomic mass is 79.9. The summed E-state index contributed by atoms with van der Waals surface area (Å²) in [5.74, 6) is 0.355. The summed E-state index contributed by atoms with van der Waals surface area (Å²) in [7, 11) is 0. The van der Waals surface area contributed by atoms with Gasteiger partial charge in [-0.1, -0.05) is 37.3 Å². The number of rotatable bonds is 5. The van der Waals surface area contributed by atoms with Crippen molar-refractivity contribution in [2.45, 2.75) is 19.4 Å². The summed E-state index contributed by atoms with van der Waals surface area (Å²) < 4.78 is 2.29. The first kappa shape index (κ1) is 16.3. The van der Waals surface area contributed by atoms with Gasteiger partial charge in [-0.3, -0.25) is 9.36 Å². The van der Waals surface area contributed by atoms with E-state index in [2.05, 4.69) is 36.4 Å². The molecule has 1 amide bonds. The molecule has 1 aromatic carbocycles. The maximum atomic E-state index is 12.7. The van der Waals surface area contributed by atoms with Crippen molar-refractivity contribution in [3.8, 4) is 5.82 Å². The van der Waals surface area contributed by atoms with Crippen LogP contribution in [0.5, 0.6) is 0 Å². The van der Waals surface area contributed by atoms with Gasteiger partial charge < -0.3 is 5.32 Å². The minimum Gasteiger partial charge on any atom is -0.344 e. The van der Waals surface area contributed by atoms with Crippen LogP contribution < -0.4 is 5.32 Å². The second kappa shape index (κ2) is 7.35. The van der Waals surface area contributed by atoms with Gasteiger partial charge in [-0.05, 0) is 40.0 Å². The highest BCUT2D eigenvalue weighted by Crippen LogP contribution is 2.20. The molecule has 0 spiro atoms. The quantitative estimate of drug-likeness (QED) is 0.730. The number of hydrogen-bond acceptors (Lipinski definition) is 4. The van der Waals surface area contributed by atoms with Crippen LogP contribution in [0.25, 0.3) is 5.82 Å². The van der Waals surface area contributed by atoms with E-state index in [1.165, 1.54) is 12.7 Å². The molecule has 2 heterocycles. The molecular weight excluding hydrogens is 370 g/mol. The maximum Gasteiger partial charge on any atom is 0.271 e. The van der Waals surface area contributed by atoms with E-state index in [1.54, 1.807) is 16.7 Å². The Morgan fingerprint density at radius 2 is 1.88 bits per heavy atom. The topological polar surface area (TPSA) is 72.7 Å². The Morgan fingerprint density at radius 3 is 2.54 bits per heavy atom. The van der Waals surface area contributed by atoms with Crippen molar-refractivity contribution >= 4 is 21.8 Å². The van der Waals surface area contributed by atoms with Crippen LogP contribution in [0.4, 0.5) is 0 Å². The molecule has 0 unspecified atom stereocenters. The van der Waals surface area contributed by atoms with Crippen LogP contribution in [0.15, 0.2) is 59.6 Å². The van der Waals surface area contributed by atoms with E-state index in [0.717, 1.165) is 12.0 Å². The number of benzene rings is 1. The zero-order valence-corrected chi connectivity index (χ0v) is 14.6. The van der Waals surface area contributed by atoms with E-state index >= 15 is 0 Å². The molecule has 2 aromatic heterocycles. The van der Waals surface area contributed by atoms with Crippen LogP contribution in [0.1, 0.15) is 35.4 Å². The number of pyridine rings is 1. The number of amides is 1. The molecule has 7 heteroatoms. The molecule has 0 fully saturated rings. The second-order valence-electron chi connectivity index (χ2n) is 5.21. The van der Waals surface area contributed by atoms with E-state index < -0.39 is 0 Å². The van der Waals surface area contributed by atoms with Gasteiger partial charge in [0, 0.05) is 4.47 Å². The van der Waals surface area contributed by atoms with Crippen molar-refractivity contribution in [3.05, 3.63) is 70.8 Å². The van der Waals surface area contributed by atoms with Gasteiger partial charge in [-0.15, -0.1) is 10.2 Å². The normalized spacial score (nSPS) is 11.9. The van der Waals surface area contributed by atoms with Crippen LogP contribution in [0, 0.1) is 0 Å². The minimum absolute atomic E-state index is 0.0639. The van der Waals surface area contributed by atoms with Gasteiger partial charge in [0.15, 0.2) is 0 Å². The molecule has 0 saturated heterocycles. The molecule has 0 aliphatic rings. The fourth-order valence-electron chi connectivity index (χ4n) is 2.39. The number of halogens is 1. The zero-order valence-electron chi connectivity index (χ0n) is 13.1. The van der Waals surface area contributed by atoms with Crippen LogP contribution in [0.2, 0.25) is 0 Å². The molecule has 0 bridgehead atoms. The second-order valence-corrected chi connectivity index (χ2v) is 6.07. The first-order valence-electron chi connectivity index (χ1n) is 7.56. The van der Waals surface area contributed by atoms with Crippen molar-refractivity contribution in [1.29, 1.82) is 0 Å². The standard InChI is InChI=1S/C17H16BrN5O/c1-2-14(12-6-4-3-5-7-12)21-17(24)16-13(18)8-9-15(22-16)23-10-19-20-11-23/h3-11,14H,2H2,1H3,(H,21,24)/t14-/m1/s1. The third kappa shape index (κ3) is 3.51. The van der Waals surface area contributed by atoms with E-state index in [9.17, 15) is 4.79 Å². The van der Waals surface area contributed by atoms with E-state index in [0.29, 0.717) is 16.0 Å². The first-order chi connectivity index (χ1) is 11.7. The van der Waals surface area contributed by atoms with Gasteiger partial charge in [0.05, 0.1) is 6.04 Å². The highest BCUT2D eigenvalue weighted by Gasteiger charge is 2.18. The smallest absolute Gasteiger partial charge is 0.271 e. The third-order valence-corrected chi connectivity index (χ3v) is 4.29. The Hall–Kier alpha value is -2.54. The lowest BCUT2D eigenvalue weighted by atomic mass is 10.0. The molecule has 1 atom stereocenters. The summed E-state index contributed by atoms with van der Waals surface area (Å²) in [4.78, 5) is 17.1. The van der Waals surface area contributed by atoms with Crippen LogP contribution in [0.3, 0.4) is 0 Å². The number of nitrogens with zero attached hydrogens (tertiary/aromatic N) is 4. The van der Waals surface area contributed by atoms with Crippen LogP contribution >= 0.6 is 15.9 Å². The van der Waals surface area contributed by atoms with E-state index in [1.807, 2.05) is 37.3 Å². The molecular formula is C17H16BrN5O. The fraction of sp³-hybridized carbons (Fsp3) is 0.176. The Kier molecular flexibility index (Phi) is 5.00. The Bertz CT molecular complexity index is 820. The lowest BCUT2D eigenvalue weighted by Crippen LogP contribution is -2.29. The average Bonchev–Trinajstić information content (AvgIpc) is 3.15. The number of carbonyl (C=O) groups is 1. The van der Waals surface area contributed by atoms with Crippen molar-refractivity contribution in [3.63, 3.8) is 0 Å². The summed E-state index contributed by atoms with van der Waals surface area (Å²) in [5, 5.41) is 10.6. The number of nitrogens with one attached hydrogen (secondary N) is 1. The van der Waals surface area contributed by atoms with Crippen LogP contribution in [-0.4, -0.2) is 25.7 Å². The van der Waals surface area contributed by atoms with E-state index in [4.69, 9.17) is 0 Å². The summed E-state index contributed by atoms with van der Waals surface area (Å²) >= 11 is 3.40. The predicted octanol–water partition coefficient (Wildman–Crippen LogP) is 3.31. The maximum absolute atomic E-state index is 12.7. The molecule has 122 valence electrons. The minimum atomic E-state index is -0.229. The Morgan fingerprint density at radius 1 is 1.17 bits per heavy atom. The molecule has 24 heavy (non-hydrogen) atoms. The number of carbonyl (C=O) groups excluding carboxylic acids is 1. The summed E-state index contributed by atoms with van der Waals surface area (Å²) in [6, 6.07) is 13.4. The molecule has 3 aromatic rings. The molecule has 1 N–H and O–H groups in total. The highest BCUT2D eigenvalue weighted by molar-refractivity contribution is 9.10. The van der Waals surface area contributed by atoms with Gasteiger partial charge in [0.1, 0.15) is 24.2 Å². The third-order valence-electron chi connectivity index (χ3n) is 3.65. The zero-order chi connectivity index (χ0) is 16.9. The average molecular weight is 386 g/mol. The van der Waals surface area contributed by atoms with Crippen molar-refractivity contribution in [2.24, 2.45) is 0 Å². The summed E-state index contributed by atoms with van der Waals surface area (Å²) in [6.07, 6.45) is 3.87. The SMILES string of the molecule is CC[C@@H](NC(=O)c1nc(-n2cnnc2)ccc1Br)c1ccccc1. The van der Waals surface area contributed by atoms with Gasteiger partial charge in [0.25, 0.3) is 5.91 Å². The van der Waals surface area contributed by atoms with Crippen LogP contribution in [-0.2, 0) is 0 Å². The van der Waals surface area contributed by atoms with Crippen molar-refractivity contribution in [2.75, 3.05) is 0 Å². The number of hydrogen-bond donors (Lipinski definition) is 1. The van der Waals surface area contributed by atoms with Gasteiger partial charge in [-0.25, -0.2) is 4.98 Å². The van der Waals surface area contributed by atoms with E-state index in [-0.39, 0.29) is 11.9 Å².